The van der Waals surface area contributed by atoms with Crippen molar-refractivity contribution >= 4 is 46.3 Å². The monoisotopic (exact) mass is 670 g/mol. The van der Waals surface area contributed by atoms with E-state index in [1.54, 1.807) is 38.1 Å². The third kappa shape index (κ3) is 6.69. The van der Waals surface area contributed by atoms with E-state index in [9.17, 15) is 28.5 Å². The molecule has 0 aliphatic carbocycles. The van der Waals surface area contributed by atoms with Crippen molar-refractivity contribution < 1.29 is 38.0 Å². The van der Waals surface area contributed by atoms with Crippen molar-refractivity contribution in [3.63, 3.8) is 0 Å². The molecule has 3 amide bonds. The van der Waals surface area contributed by atoms with Gasteiger partial charge in [0.15, 0.2) is 11.5 Å². The van der Waals surface area contributed by atoms with Gasteiger partial charge in [-0.05, 0) is 56.5 Å². The number of carboxylic acids is 1. The Labute approximate surface area is 276 Å². The molecule has 3 unspecified atom stereocenters. The lowest BCUT2D eigenvalue weighted by molar-refractivity contribution is -0.162. The van der Waals surface area contributed by atoms with Crippen molar-refractivity contribution in [3.8, 4) is 11.5 Å². The molecular formula is C34H42N2O8S2. The molecule has 2 saturated heterocycles. The summed E-state index contributed by atoms with van der Waals surface area (Å²) in [6.07, 6.45) is 8.32. The highest BCUT2D eigenvalue weighted by molar-refractivity contribution is 8.01. The van der Waals surface area contributed by atoms with E-state index in [4.69, 9.17) is 9.47 Å². The van der Waals surface area contributed by atoms with Crippen LogP contribution in [-0.2, 0) is 26.8 Å². The van der Waals surface area contributed by atoms with Gasteiger partial charge in [-0.2, -0.15) is 0 Å². The molecule has 4 aliphatic heterocycles. The molecule has 0 bridgehead atoms. The molecular weight excluding hydrogens is 629 g/mol. The molecule has 0 saturated carbocycles. The highest BCUT2D eigenvalue weighted by Crippen LogP contribution is 2.52. The van der Waals surface area contributed by atoms with Crippen LogP contribution in [0.15, 0.2) is 42.5 Å². The Balaban J connectivity index is 0.000000182. The molecule has 2 fully saturated rings. The number of hydrogen-bond acceptors (Lipinski definition) is 8. The fourth-order valence-electron chi connectivity index (χ4n) is 6.41. The Morgan fingerprint density at radius 3 is 2.28 bits per heavy atom. The Hall–Kier alpha value is -3.38. The molecule has 12 heteroatoms. The van der Waals surface area contributed by atoms with E-state index in [0.717, 1.165) is 35.0 Å². The average molecular weight is 671 g/mol. The molecule has 6 rings (SSSR count). The van der Waals surface area contributed by atoms with Gasteiger partial charge in [-0.25, -0.2) is 4.79 Å². The van der Waals surface area contributed by atoms with Crippen molar-refractivity contribution in [3.05, 3.63) is 59.2 Å². The number of aliphatic carboxylic acids is 1. The third-order valence-electron chi connectivity index (χ3n) is 8.86. The summed E-state index contributed by atoms with van der Waals surface area (Å²) in [7, 11) is -0.743. The van der Waals surface area contributed by atoms with E-state index in [0.29, 0.717) is 6.79 Å². The highest BCUT2D eigenvalue weighted by Gasteiger charge is 2.67. The summed E-state index contributed by atoms with van der Waals surface area (Å²) < 4.78 is 22.3. The van der Waals surface area contributed by atoms with Crippen LogP contribution in [0, 0.1) is 0 Å². The lowest BCUT2D eigenvalue weighted by Crippen LogP contribution is -2.71. The first-order valence-electron chi connectivity index (χ1n) is 15.9. The zero-order valence-corrected chi connectivity index (χ0v) is 28.4. The lowest BCUT2D eigenvalue weighted by atomic mass is 9.95. The topological polar surface area (TPSA) is 131 Å². The minimum absolute atomic E-state index is 0.191. The second kappa shape index (κ2) is 14.2. The van der Waals surface area contributed by atoms with Crippen molar-refractivity contribution in [2.24, 2.45) is 0 Å². The number of fused-ring (bicyclic) bond motifs is 3. The fraction of sp³-hybridized carbons (Fsp3) is 0.529. The van der Waals surface area contributed by atoms with Crippen molar-refractivity contribution in [2.75, 3.05) is 12.5 Å². The number of imide groups is 1. The lowest BCUT2D eigenvalue weighted by Gasteiger charge is -2.46. The number of ether oxygens (including phenoxy) is 2. The normalized spacial score (nSPS) is 23.3. The molecule has 0 aromatic heterocycles. The number of amides is 3. The van der Waals surface area contributed by atoms with Crippen LogP contribution in [0.1, 0.15) is 92.5 Å². The summed E-state index contributed by atoms with van der Waals surface area (Å²) in [4.78, 5) is 51.5. The summed E-state index contributed by atoms with van der Waals surface area (Å²) in [5.74, 6) is -0.102. The van der Waals surface area contributed by atoms with Gasteiger partial charge < -0.3 is 19.5 Å². The third-order valence-corrected chi connectivity index (χ3v) is 12.2. The molecule has 0 spiro atoms. The van der Waals surface area contributed by atoms with Gasteiger partial charge in [0.25, 0.3) is 17.7 Å². The summed E-state index contributed by atoms with van der Waals surface area (Å²) in [6.45, 7) is 8.12. The first-order valence-corrected chi connectivity index (χ1v) is 18.2. The van der Waals surface area contributed by atoms with Crippen LogP contribution < -0.4 is 9.47 Å². The molecule has 0 radical (unpaired) electrons. The van der Waals surface area contributed by atoms with Gasteiger partial charge in [0.05, 0.1) is 11.1 Å². The van der Waals surface area contributed by atoms with E-state index < -0.39 is 56.7 Å². The second-order valence-corrected chi connectivity index (χ2v) is 16.4. The smallest absolute Gasteiger partial charge is 0.327 e. The van der Waals surface area contributed by atoms with Gasteiger partial charge in [-0.1, -0.05) is 64.2 Å². The van der Waals surface area contributed by atoms with Gasteiger partial charge in [0.2, 0.25) is 6.79 Å². The number of thioether (sulfide) groups is 1. The predicted octanol–water partition coefficient (Wildman–Crippen LogP) is 5.25. The number of β-lactam (4-membered cyclic amide) rings is 1. The molecule has 5 atom stereocenters. The summed E-state index contributed by atoms with van der Waals surface area (Å²) in [6, 6.07) is 10.5. The van der Waals surface area contributed by atoms with E-state index in [1.807, 2.05) is 18.2 Å². The SMILES string of the molecule is CC1(C)S[C@@H]2C(N3C(=O)c4ccccc4C3=O)C(=O)N2[C@H]1C(=O)O.CCCCCCCCS(=O)C(C)Cc1ccc2c(c1)OCO2. The van der Waals surface area contributed by atoms with Crippen molar-refractivity contribution in [2.45, 2.75) is 100 Å². The molecule has 2 aromatic carbocycles. The van der Waals surface area contributed by atoms with Gasteiger partial charge >= 0.3 is 5.97 Å². The van der Waals surface area contributed by atoms with Crippen LogP contribution in [0.2, 0.25) is 0 Å². The quantitative estimate of drug-likeness (QED) is 0.183. The van der Waals surface area contributed by atoms with Crippen LogP contribution in [0.4, 0.5) is 0 Å². The van der Waals surface area contributed by atoms with Crippen molar-refractivity contribution in [1.82, 2.24) is 9.80 Å². The summed E-state index contributed by atoms with van der Waals surface area (Å²) >= 11 is 1.31. The molecule has 4 aliphatic rings. The summed E-state index contributed by atoms with van der Waals surface area (Å²) in [5.41, 5.74) is 1.74. The second-order valence-electron chi connectivity index (χ2n) is 12.6. The largest absolute Gasteiger partial charge is 0.480 e. The maximum Gasteiger partial charge on any atom is 0.327 e. The number of carbonyl (C=O) groups excluding carboxylic acids is 3. The Kier molecular flexibility index (Phi) is 10.5. The van der Waals surface area contributed by atoms with Gasteiger partial charge in [-0.15, -0.1) is 11.8 Å². The number of unbranched alkanes of at least 4 members (excludes halogenated alkanes) is 5. The fourth-order valence-corrected chi connectivity index (χ4v) is 9.35. The first-order chi connectivity index (χ1) is 22.0. The average Bonchev–Trinajstić information content (AvgIpc) is 3.67. The molecule has 248 valence electrons. The highest BCUT2D eigenvalue weighted by atomic mass is 32.2. The first kappa shape index (κ1) is 34.0. The van der Waals surface area contributed by atoms with Crippen LogP contribution >= 0.6 is 11.8 Å². The van der Waals surface area contributed by atoms with Crippen LogP contribution in [0.5, 0.6) is 11.5 Å². The van der Waals surface area contributed by atoms with Crippen molar-refractivity contribution in [1.29, 1.82) is 0 Å². The molecule has 1 N–H and O–H groups in total. The standard InChI is InChI=1S/C18H28O3S.C16H14N2O5S/c1-3-4-5-6-7-8-11-22(19)15(2)12-16-9-10-17-18(13-16)21-14-20-17;1-16(2)10(15(22)23)18-13(21)9(14(18)24-16)17-11(19)7-5-3-4-6-8(7)12(17)20/h9-10,13,15H,3-8,11-12,14H2,1-2H3;3-6,9-10,14H,1-2H3,(H,22,23)/t;9?,10-,14+/m.0/s1. The van der Waals surface area contributed by atoms with Crippen LogP contribution in [0.3, 0.4) is 0 Å². The number of benzene rings is 2. The Morgan fingerprint density at radius 1 is 1.00 bits per heavy atom. The number of rotatable bonds is 12. The van der Waals surface area contributed by atoms with Crippen LogP contribution in [-0.4, -0.2) is 82.8 Å². The van der Waals surface area contributed by atoms with Crippen LogP contribution in [0.25, 0.3) is 0 Å². The van der Waals surface area contributed by atoms with E-state index in [-0.39, 0.29) is 16.4 Å². The molecule has 4 heterocycles. The van der Waals surface area contributed by atoms with Gasteiger partial charge in [-0.3, -0.25) is 23.5 Å². The maximum atomic E-state index is 12.6. The predicted molar refractivity (Wildman–Crippen MR) is 177 cm³/mol. The maximum absolute atomic E-state index is 12.6. The Morgan fingerprint density at radius 2 is 1.63 bits per heavy atom. The zero-order valence-electron chi connectivity index (χ0n) is 26.7. The van der Waals surface area contributed by atoms with E-state index in [2.05, 4.69) is 13.8 Å². The molecule has 2 aromatic rings. The van der Waals surface area contributed by atoms with E-state index >= 15 is 0 Å². The minimum atomic E-state index is -1.08. The molecule has 10 nitrogen and oxygen atoms in total. The van der Waals surface area contributed by atoms with E-state index in [1.165, 1.54) is 54.3 Å². The number of nitrogens with zero attached hydrogens (tertiary/aromatic N) is 2. The molecule has 46 heavy (non-hydrogen) atoms. The number of carboxylic acid groups (broad SMARTS) is 1. The van der Waals surface area contributed by atoms with Gasteiger partial charge in [0, 0.05) is 26.5 Å². The van der Waals surface area contributed by atoms with Gasteiger partial charge in [0.1, 0.15) is 17.5 Å². The minimum Gasteiger partial charge on any atom is -0.480 e. The summed E-state index contributed by atoms with van der Waals surface area (Å²) in [5, 5.41) is 9.10. The zero-order chi connectivity index (χ0) is 33.2. The number of carbonyl (C=O) groups is 4. The Bertz CT molecular complexity index is 1490. The number of hydrogen-bond donors (Lipinski definition) is 1.